The Labute approximate surface area is 220 Å². The molecule has 0 atom stereocenters. The summed E-state index contributed by atoms with van der Waals surface area (Å²) in [7, 11) is 1.91. The molecule has 5 rings (SSSR count). The van der Waals surface area contributed by atoms with Crippen LogP contribution in [0, 0.1) is 5.41 Å². The molecule has 8 nitrogen and oxygen atoms in total. The molecule has 1 spiro atoms. The third-order valence-corrected chi connectivity index (χ3v) is 8.26. The van der Waals surface area contributed by atoms with Crippen LogP contribution in [0.2, 0.25) is 0 Å². The smallest absolute Gasteiger partial charge is 0.237 e. The maximum Gasteiger partial charge on any atom is 0.237 e. The topological polar surface area (TPSA) is 79.7 Å². The number of amides is 2. The van der Waals surface area contributed by atoms with Crippen LogP contribution >= 0.6 is 0 Å². The van der Waals surface area contributed by atoms with Crippen LogP contribution in [0.15, 0.2) is 36.7 Å². The summed E-state index contributed by atoms with van der Waals surface area (Å²) in [6, 6.07) is 8.66. The first-order valence-corrected chi connectivity index (χ1v) is 14.0. The van der Waals surface area contributed by atoms with Crippen molar-refractivity contribution in [2.24, 2.45) is 12.5 Å². The van der Waals surface area contributed by atoms with Gasteiger partial charge >= 0.3 is 0 Å². The Morgan fingerprint density at radius 1 is 1.16 bits per heavy atom. The van der Waals surface area contributed by atoms with Crippen molar-refractivity contribution in [3.05, 3.63) is 47.8 Å². The molecule has 2 aromatic rings. The van der Waals surface area contributed by atoms with Gasteiger partial charge in [-0.15, -0.1) is 0 Å². The summed E-state index contributed by atoms with van der Waals surface area (Å²) in [6.45, 7) is 3.88. The minimum atomic E-state index is -0.333. The SMILES string of the molecule is Cn1cc(CN(C(=O)CN2CCC3(CCCCc4ccccc4OCCCNC3=O)CC2)C2CC2)cn1. The molecule has 3 aliphatic rings. The molecule has 0 unspecified atom stereocenters. The summed E-state index contributed by atoms with van der Waals surface area (Å²) in [4.78, 5) is 31.0. The number of hydrogen-bond acceptors (Lipinski definition) is 5. The number of carbonyl (C=O) groups excluding carboxylic acids is 2. The highest BCUT2D eigenvalue weighted by molar-refractivity contribution is 5.83. The highest BCUT2D eigenvalue weighted by Gasteiger charge is 2.41. The standard InChI is InChI=1S/C29H41N5O3/c1-32-20-23(19-31-32)21-34(25-10-11-25)27(35)22-33-16-13-29(14-17-33)12-5-4-8-24-7-2-3-9-26(24)37-18-6-15-30-28(29)36/h2-3,7,9,19-20,25H,4-6,8,10-18,21-22H2,1H3,(H,30,36). The first-order valence-electron chi connectivity index (χ1n) is 14.0. The minimum Gasteiger partial charge on any atom is -0.493 e. The monoisotopic (exact) mass is 507 g/mol. The summed E-state index contributed by atoms with van der Waals surface area (Å²) in [5.41, 5.74) is 2.00. The maximum absolute atomic E-state index is 13.4. The van der Waals surface area contributed by atoms with E-state index in [-0.39, 0.29) is 17.2 Å². The van der Waals surface area contributed by atoms with Gasteiger partial charge in [-0.2, -0.15) is 5.10 Å². The van der Waals surface area contributed by atoms with E-state index in [1.165, 1.54) is 5.56 Å². The van der Waals surface area contributed by atoms with E-state index >= 15 is 0 Å². The van der Waals surface area contributed by atoms with Gasteiger partial charge in [-0.25, -0.2) is 0 Å². The molecule has 2 aliphatic heterocycles. The lowest BCUT2D eigenvalue weighted by molar-refractivity contribution is -0.137. The minimum absolute atomic E-state index is 0.187. The number of fused-ring (bicyclic) bond motifs is 1. The maximum atomic E-state index is 13.4. The van der Waals surface area contributed by atoms with Crippen LogP contribution in [-0.2, 0) is 29.6 Å². The summed E-state index contributed by atoms with van der Waals surface area (Å²) in [5, 5.41) is 7.47. The average molecular weight is 508 g/mol. The molecule has 3 heterocycles. The van der Waals surface area contributed by atoms with Crippen molar-refractivity contribution < 1.29 is 14.3 Å². The molecule has 1 N–H and O–H groups in total. The molecule has 200 valence electrons. The molecule has 1 saturated carbocycles. The van der Waals surface area contributed by atoms with Gasteiger partial charge in [0.1, 0.15) is 5.75 Å². The Hall–Kier alpha value is -2.87. The van der Waals surface area contributed by atoms with Gasteiger partial charge in [-0.1, -0.05) is 24.6 Å². The number of rotatable bonds is 5. The van der Waals surface area contributed by atoms with E-state index in [9.17, 15) is 9.59 Å². The zero-order chi connectivity index (χ0) is 25.7. The molecule has 1 aliphatic carbocycles. The third-order valence-electron chi connectivity index (χ3n) is 8.26. The number of likely N-dealkylation sites (tertiary alicyclic amines) is 1. The van der Waals surface area contributed by atoms with Crippen molar-refractivity contribution in [1.29, 1.82) is 0 Å². The summed E-state index contributed by atoms with van der Waals surface area (Å²) >= 11 is 0. The van der Waals surface area contributed by atoms with E-state index in [0.29, 0.717) is 32.3 Å². The Balaban J connectivity index is 1.17. The van der Waals surface area contributed by atoms with Gasteiger partial charge in [0.05, 0.1) is 24.8 Å². The van der Waals surface area contributed by atoms with Crippen molar-refractivity contribution in [3.63, 3.8) is 0 Å². The molecular weight excluding hydrogens is 466 g/mol. The molecule has 2 amide bonds. The van der Waals surface area contributed by atoms with Gasteiger partial charge in [-0.3, -0.25) is 19.2 Å². The van der Waals surface area contributed by atoms with Crippen LogP contribution in [0.25, 0.3) is 0 Å². The van der Waals surface area contributed by atoms with Crippen LogP contribution in [0.5, 0.6) is 5.75 Å². The quantitative estimate of drug-likeness (QED) is 0.672. The highest BCUT2D eigenvalue weighted by Crippen LogP contribution is 2.38. The fourth-order valence-corrected chi connectivity index (χ4v) is 5.84. The fourth-order valence-electron chi connectivity index (χ4n) is 5.84. The molecule has 8 heteroatoms. The number of aryl methyl sites for hydroxylation is 2. The van der Waals surface area contributed by atoms with Crippen LogP contribution < -0.4 is 10.1 Å². The molecule has 0 radical (unpaired) electrons. The molecule has 1 aromatic carbocycles. The molecular formula is C29H41N5O3. The second-order valence-electron chi connectivity index (χ2n) is 11.1. The number of nitrogens with zero attached hydrogens (tertiary/aromatic N) is 4. The van der Waals surface area contributed by atoms with Crippen LogP contribution in [0.4, 0.5) is 0 Å². The van der Waals surface area contributed by atoms with E-state index in [0.717, 1.165) is 82.2 Å². The predicted octanol–water partition coefficient (Wildman–Crippen LogP) is 3.31. The Morgan fingerprint density at radius 3 is 2.73 bits per heavy atom. The summed E-state index contributed by atoms with van der Waals surface area (Å²) in [6.07, 6.45) is 12.4. The Morgan fingerprint density at radius 2 is 1.97 bits per heavy atom. The van der Waals surface area contributed by atoms with Gasteiger partial charge in [0.15, 0.2) is 0 Å². The second-order valence-corrected chi connectivity index (χ2v) is 11.1. The largest absolute Gasteiger partial charge is 0.493 e. The number of benzene rings is 1. The predicted molar refractivity (Wildman–Crippen MR) is 142 cm³/mol. The Kier molecular flexibility index (Phi) is 8.13. The van der Waals surface area contributed by atoms with Crippen LogP contribution in [-0.4, -0.2) is 70.2 Å². The van der Waals surface area contributed by atoms with Gasteiger partial charge in [0.25, 0.3) is 0 Å². The van der Waals surface area contributed by atoms with Crippen molar-refractivity contribution in [3.8, 4) is 5.75 Å². The number of nitrogens with one attached hydrogen (secondary N) is 1. The van der Waals surface area contributed by atoms with E-state index in [1.807, 2.05) is 36.5 Å². The Bertz CT molecular complexity index is 1070. The van der Waals surface area contributed by atoms with Crippen LogP contribution in [0.3, 0.4) is 0 Å². The van der Waals surface area contributed by atoms with Gasteiger partial charge in [0.2, 0.25) is 11.8 Å². The van der Waals surface area contributed by atoms with Crippen molar-refractivity contribution >= 4 is 11.8 Å². The normalized spacial score (nSPS) is 21.1. The molecule has 37 heavy (non-hydrogen) atoms. The molecule has 2 fully saturated rings. The average Bonchev–Trinajstić information content (AvgIpc) is 3.66. The number of ether oxygens (including phenoxy) is 1. The summed E-state index contributed by atoms with van der Waals surface area (Å²) < 4.78 is 7.79. The number of aromatic nitrogens is 2. The first-order chi connectivity index (χ1) is 18.0. The lowest BCUT2D eigenvalue weighted by atomic mass is 9.73. The molecule has 0 bridgehead atoms. The number of carbonyl (C=O) groups is 2. The zero-order valence-corrected chi connectivity index (χ0v) is 22.2. The van der Waals surface area contributed by atoms with Gasteiger partial charge in [-0.05, 0) is 76.1 Å². The molecule has 1 aromatic heterocycles. The first kappa shape index (κ1) is 25.8. The highest BCUT2D eigenvalue weighted by atomic mass is 16.5. The zero-order valence-electron chi connectivity index (χ0n) is 22.2. The van der Waals surface area contributed by atoms with Crippen molar-refractivity contribution in [1.82, 2.24) is 24.9 Å². The lowest BCUT2D eigenvalue weighted by Crippen LogP contribution is -2.51. The number of para-hydroxylation sites is 1. The fraction of sp³-hybridized carbons (Fsp3) is 0.621. The van der Waals surface area contributed by atoms with Crippen molar-refractivity contribution in [2.45, 2.75) is 70.4 Å². The molecule has 1 saturated heterocycles. The number of piperidine rings is 1. The van der Waals surface area contributed by atoms with E-state index in [2.05, 4.69) is 27.4 Å². The van der Waals surface area contributed by atoms with Gasteiger partial charge in [0, 0.05) is 37.9 Å². The van der Waals surface area contributed by atoms with Crippen molar-refractivity contribution in [2.75, 3.05) is 32.8 Å². The third kappa shape index (κ3) is 6.53. The summed E-state index contributed by atoms with van der Waals surface area (Å²) in [5.74, 6) is 1.36. The second kappa shape index (κ2) is 11.7. The van der Waals surface area contributed by atoms with E-state index in [1.54, 1.807) is 4.68 Å². The van der Waals surface area contributed by atoms with E-state index in [4.69, 9.17) is 4.74 Å². The van der Waals surface area contributed by atoms with E-state index < -0.39 is 0 Å². The van der Waals surface area contributed by atoms with Gasteiger partial charge < -0.3 is 15.0 Å². The number of hydrogen-bond donors (Lipinski definition) is 1. The lowest BCUT2D eigenvalue weighted by Gasteiger charge is -2.41. The van der Waals surface area contributed by atoms with Crippen LogP contribution in [0.1, 0.15) is 62.5 Å².